The van der Waals surface area contributed by atoms with Gasteiger partial charge in [0.05, 0.1) is 30.2 Å². The van der Waals surface area contributed by atoms with Gasteiger partial charge >= 0.3 is 12.2 Å². The van der Waals surface area contributed by atoms with Crippen LogP contribution in [0.3, 0.4) is 0 Å². The van der Waals surface area contributed by atoms with Gasteiger partial charge in [0.2, 0.25) is 11.8 Å². The fourth-order valence-corrected chi connectivity index (χ4v) is 11.8. The third-order valence-corrected chi connectivity index (χ3v) is 16.4. The zero-order valence-electron chi connectivity index (χ0n) is 48.6. The Balaban J connectivity index is 0.750. The zero-order chi connectivity index (χ0) is 59.1. The molecule has 6 heterocycles. The van der Waals surface area contributed by atoms with Gasteiger partial charge in [-0.3, -0.25) is 19.3 Å². The summed E-state index contributed by atoms with van der Waals surface area (Å²) in [6.07, 6.45) is 7.98. The quantitative estimate of drug-likeness (QED) is 0.0848. The van der Waals surface area contributed by atoms with Crippen LogP contribution >= 0.6 is 11.6 Å². The lowest BCUT2D eigenvalue weighted by Gasteiger charge is -2.42. The second-order valence-electron chi connectivity index (χ2n) is 24.5. The van der Waals surface area contributed by atoms with Crippen molar-refractivity contribution in [3.8, 4) is 0 Å². The summed E-state index contributed by atoms with van der Waals surface area (Å²) in [6, 6.07) is 19.8. The lowest BCUT2D eigenvalue weighted by molar-refractivity contribution is -0.133. The number of hydrogen-bond acceptors (Lipinski definition) is 12. The van der Waals surface area contributed by atoms with Crippen molar-refractivity contribution in [1.82, 2.24) is 45.2 Å². The highest BCUT2D eigenvalue weighted by atomic mass is 35.5. The molecule has 3 N–H and O–H groups in total. The molecule has 5 amide bonds. The minimum atomic E-state index is -1.25. The number of piperidine rings is 4. The number of amides is 5. The summed E-state index contributed by atoms with van der Waals surface area (Å²) in [6.45, 7) is 15.2. The number of ether oxygens (including phenoxy) is 3. The van der Waals surface area contributed by atoms with Crippen LogP contribution in [0, 0.1) is 11.6 Å². The van der Waals surface area contributed by atoms with Gasteiger partial charge in [-0.1, -0.05) is 41.9 Å². The average molecular weight is 1170 g/mol. The van der Waals surface area contributed by atoms with E-state index in [0.717, 1.165) is 96.7 Å². The number of hydrogen-bond donors (Lipinski definition) is 3. The number of aromatic nitrogens is 3. The Morgan fingerprint density at radius 2 is 1.51 bits per heavy atom. The summed E-state index contributed by atoms with van der Waals surface area (Å²) in [5, 5.41) is 7.85. The number of benzene rings is 3. The first-order chi connectivity index (χ1) is 39.6. The number of carbonyl (C=O) groups excluding carboxylic acids is 5. The number of rotatable bonds is 16. The van der Waals surface area contributed by atoms with E-state index in [0.29, 0.717) is 75.5 Å². The summed E-state index contributed by atoms with van der Waals surface area (Å²) in [7, 11) is 0. The molecule has 0 bridgehead atoms. The van der Waals surface area contributed by atoms with Crippen LogP contribution in [0.25, 0.3) is 11.0 Å². The maximum absolute atomic E-state index is 14.8. The van der Waals surface area contributed by atoms with E-state index in [1.54, 1.807) is 46.4 Å². The van der Waals surface area contributed by atoms with Gasteiger partial charge < -0.3 is 49.4 Å². The second-order valence-corrected chi connectivity index (χ2v) is 25.0. The van der Waals surface area contributed by atoms with E-state index in [2.05, 4.69) is 35.4 Å². The Hall–Kier alpha value is -6.90. The second kappa shape index (κ2) is 26.3. The molecule has 21 heteroatoms. The van der Waals surface area contributed by atoms with Crippen LogP contribution in [-0.4, -0.2) is 159 Å². The molecule has 83 heavy (non-hydrogen) atoms. The zero-order valence-corrected chi connectivity index (χ0v) is 49.3. The maximum atomic E-state index is 14.8. The number of anilines is 1. The van der Waals surface area contributed by atoms with Gasteiger partial charge in [-0.15, -0.1) is 0 Å². The van der Waals surface area contributed by atoms with Crippen LogP contribution in [0.4, 0.5) is 24.2 Å². The van der Waals surface area contributed by atoms with E-state index >= 15 is 0 Å². The van der Waals surface area contributed by atoms with Crippen molar-refractivity contribution in [3.05, 3.63) is 124 Å². The Labute approximate surface area is 489 Å². The van der Waals surface area contributed by atoms with Crippen LogP contribution in [-0.2, 0) is 30.3 Å². The predicted octanol–water partition coefficient (Wildman–Crippen LogP) is 9.93. The van der Waals surface area contributed by atoms with Crippen molar-refractivity contribution in [2.24, 2.45) is 0 Å². The molecular weight excluding hydrogens is 1090 g/mol. The summed E-state index contributed by atoms with van der Waals surface area (Å²) < 4.78 is 46.4. The molecule has 0 aliphatic carbocycles. The third kappa shape index (κ3) is 16.1. The monoisotopic (exact) mass is 1160 g/mol. The maximum Gasteiger partial charge on any atom is 0.411 e. The van der Waals surface area contributed by atoms with Gasteiger partial charge in [0.25, 0.3) is 5.91 Å². The topological polar surface area (TPSA) is 195 Å². The number of nitrogens with zero attached hydrogens (tertiary/aromatic N) is 7. The van der Waals surface area contributed by atoms with Gasteiger partial charge in [-0.25, -0.2) is 28.3 Å². The molecule has 2 aromatic heterocycles. The first-order valence-corrected chi connectivity index (χ1v) is 29.5. The molecule has 3 aromatic carbocycles. The van der Waals surface area contributed by atoms with Crippen LogP contribution < -0.4 is 15.5 Å². The Morgan fingerprint density at radius 1 is 0.807 bits per heavy atom. The van der Waals surface area contributed by atoms with Crippen LogP contribution in [0.5, 0.6) is 0 Å². The summed E-state index contributed by atoms with van der Waals surface area (Å²) in [5.74, 6) is -1.49. The van der Waals surface area contributed by atoms with Gasteiger partial charge in [0.15, 0.2) is 0 Å². The molecule has 4 aliphatic heterocycles. The highest BCUT2D eigenvalue weighted by Crippen LogP contribution is 2.33. The van der Waals surface area contributed by atoms with Crippen LogP contribution in [0.1, 0.15) is 138 Å². The smallest absolute Gasteiger partial charge is 0.411 e. The average Bonchev–Trinajstić information content (AvgIpc) is 3.65. The summed E-state index contributed by atoms with van der Waals surface area (Å²) >= 11 is 6.35. The van der Waals surface area contributed by atoms with E-state index in [-0.39, 0.29) is 60.5 Å². The van der Waals surface area contributed by atoms with Crippen molar-refractivity contribution in [3.63, 3.8) is 0 Å². The molecule has 5 aromatic rings. The highest BCUT2D eigenvalue weighted by molar-refractivity contribution is 6.30. The Morgan fingerprint density at radius 3 is 2.19 bits per heavy atom. The molecular formula is C62H79ClF2N10O8. The SMILES string of the molecule is CC(C)(C)OC(=O)NC1(C(=O)N[C@@H](CCN2CCC(OC3CCN(C(=O)c4cccc(C5CCCN(C(=O)CN(Cc6ccc(F)cc6F)C(=O)OC(C)(C)C)C5)c4)CC3)CC2)c2ccc(Cl)cc2)CCN(c2ncnc3[nH]ccc23)CC1. The van der Waals surface area contributed by atoms with Gasteiger partial charge in [0.1, 0.15) is 52.7 Å². The highest BCUT2D eigenvalue weighted by Gasteiger charge is 2.45. The molecule has 9 rings (SSSR count). The molecule has 0 spiro atoms. The number of halogens is 3. The van der Waals surface area contributed by atoms with Gasteiger partial charge in [-0.2, -0.15) is 0 Å². The summed E-state index contributed by atoms with van der Waals surface area (Å²) in [4.78, 5) is 90.7. The fraction of sp³-hybridized carbons (Fsp3) is 0.532. The van der Waals surface area contributed by atoms with Crippen molar-refractivity contribution >= 4 is 58.4 Å². The first-order valence-electron chi connectivity index (χ1n) is 29.1. The lowest BCUT2D eigenvalue weighted by Crippen LogP contribution is -2.64. The predicted molar refractivity (Wildman–Crippen MR) is 312 cm³/mol. The number of nitrogens with one attached hydrogen (secondary N) is 3. The standard InChI is InChI=1S/C62H79ClF2N10O8/c1-60(2,3)82-58(79)70-62(24-33-72(34-25-62)55-50-18-26-66-54(50)67-40-68-55)57(78)69-52(41-12-15-46(63)16-13-41)23-30-71-28-19-48(20-29-71)81-49-21-31-73(32-22-49)56(77)43-10-7-9-42(35-43)44-11-8-27-74(37-44)53(76)39-75(59(80)83-61(4,5)6)38-45-14-17-47(64)36-51(45)65/h7,9-10,12-18,26,35-36,40,44,48-49,52H,8,11,19-25,27-34,37-39H2,1-6H3,(H,69,78)(H,70,79)(H,66,67,68)/t44?,52-/m0/s1. The molecule has 2 atom stereocenters. The normalized spacial score (nSPS) is 18.8. The Kier molecular flexibility index (Phi) is 19.3. The molecule has 4 saturated heterocycles. The van der Waals surface area contributed by atoms with E-state index < -0.39 is 40.6 Å². The van der Waals surface area contributed by atoms with E-state index in [4.69, 9.17) is 25.8 Å². The molecule has 1 unspecified atom stereocenters. The molecule has 446 valence electrons. The molecule has 4 aliphatic rings. The molecule has 4 fully saturated rings. The number of H-pyrrole nitrogens is 1. The van der Waals surface area contributed by atoms with Crippen molar-refractivity contribution < 1.29 is 47.0 Å². The Bertz CT molecular complexity index is 3070. The molecule has 18 nitrogen and oxygen atoms in total. The van der Waals surface area contributed by atoms with E-state index in [1.165, 1.54) is 12.4 Å². The van der Waals surface area contributed by atoms with Crippen LogP contribution in [0.15, 0.2) is 85.3 Å². The van der Waals surface area contributed by atoms with E-state index in [9.17, 15) is 32.8 Å². The van der Waals surface area contributed by atoms with Gasteiger partial charge in [-0.05, 0) is 147 Å². The molecule has 0 saturated carbocycles. The number of alkyl carbamates (subject to hydrolysis) is 1. The number of aromatic amines is 1. The lowest BCUT2D eigenvalue weighted by atomic mass is 9.85. The van der Waals surface area contributed by atoms with Crippen molar-refractivity contribution in [1.29, 1.82) is 0 Å². The van der Waals surface area contributed by atoms with Crippen molar-refractivity contribution in [2.45, 2.75) is 147 Å². The minimum absolute atomic E-state index is 0.0298. The molecule has 0 radical (unpaired) electrons. The van der Waals surface area contributed by atoms with Crippen molar-refractivity contribution in [2.75, 3.05) is 70.3 Å². The number of carbonyl (C=O) groups is 5. The number of fused-ring (bicyclic) bond motifs is 1. The number of likely N-dealkylation sites (tertiary alicyclic amines) is 3. The van der Waals surface area contributed by atoms with Crippen LogP contribution in [0.2, 0.25) is 5.02 Å². The fourth-order valence-electron chi connectivity index (χ4n) is 11.7. The largest absolute Gasteiger partial charge is 0.444 e. The minimum Gasteiger partial charge on any atom is -0.444 e. The van der Waals surface area contributed by atoms with Gasteiger partial charge in [0, 0.05) is 93.2 Å². The summed E-state index contributed by atoms with van der Waals surface area (Å²) in [5.41, 5.74) is 0.357. The third-order valence-electron chi connectivity index (χ3n) is 16.1. The van der Waals surface area contributed by atoms with E-state index in [1.807, 2.05) is 65.7 Å². The first kappa shape index (κ1) is 60.7.